The summed E-state index contributed by atoms with van der Waals surface area (Å²) in [6.07, 6.45) is 7.29. The molecule has 2 aliphatic rings. The SMILES string of the molecule is C/C=C(\CCC)C1(O)CCN(C(=O)[C@H](C)N2CCCc3cc(Cl)ccc32)CC1. The Labute approximate surface area is 174 Å². The molecule has 1 N–H and O–H groups in total. The first-order valence-corrected chi connectivity index (χ1v) is 11.0. The lowest BCUT2D eigenvalue weighted by atomic mass is 9.81. The molecule has 2 aliphatic heterocycles. The second-order valence-electron chi connectivity index (χ2n) is 8.17. The van der Waals surface area contributed by atoms with E-state index in [4.69, 9.17) is 11.6 Å². The van der Waals surface area contributed by atoms with E-state index in [1.54, 1.807) is 0 Å². The van der Waals surface area contributed by atoms with Gasteiger partial charge in [-0.15, -0.1) is 0 Å². The maximum atomic E-state index is 13.2. The summed E-state index contributed by atoms with van der Waals surface area (Å²) in [6.45, 7) is 8.25. The van der Waals surface area contributed by atoms with Gasteiger partial charge in [-0.2, -0.15) is 0 Å². The van der Waals surface area contributed by atoms with Crippen molar-refractivity contribution in [1.29, 1.82) is 0 Å². The summed E-state index contributed by atoms with van der Waals surface area (Å²) >= 11 is 6.15. The van der Waals surface area contributed by atoms with Crippen LogP contribution >= 0.6 is 11.6 Å². The number of amides is 1. The third-order valence-corrected chi connectivity index (χ3v) is 6.62. The zero-order valence-electron chi connectivity index (χ0n) is 17.4. The number of carbonyl (C=O) groups is 1. The number of nitrogens with zero attached hydrogens (tertiary/aromatic N) is 2. The van der Waals surface area contributed by atoms with E-state index in [1.165, 1.54) is 5.56 Å². The van der Waals surface area contributed by atoms with Crippen LogP contribution in [0, 0.1) is 0 Å². The Hall–Kier alpha value is -1.52. The smallest absolute Gasteiger partial charge is 0.244 e. The van der Waals surface area contributed by atoms with Crippen molar-refractivity contribution in [2.45, 2.75) is 70.9 Å². The summed E-state index contributed by atoms with van der Waals surface area (Å²) in [5.74, 6) is 0.155. The van der Waals surface area contributed by atoms with Crippen LogP contribution < -0.4 is 4.90 Å². The van der Waals surface area contributed by atoms with Crippen LogP contribution in [0.4, 0.5) is 5.69 Å². The summed E-state index contributed by atoms with van der Waals surface area (Å²) in [7, 11) is 0. The van der Waals surface area contributed by atoms with E-state index < -0.39 is 5.60 Å². The van der Waals surface area contributed by atoms with Gasteiger partial charge in [-0.05, 0) is 75.3 Å². The van der Waals surface area contributed by atoms with E-state index in [2.05, 4.69) is 17.9 Å². The summed E-state index contributed by atoms with van der Waals surface area (Å²) in [5, 5.41) is 11.8. The van der Waals surface area contributed by atoms with Gasteiger partial charge in [-0.25, -0.2) is 0 Å². The minimum atomic E-state index is -0.751. The average molecular weight is 405 g/mol. The highest BCUT2D eigenvalue weighted by molar-refractivity contribution is 6.30. The lowest BCUT2D eigenvalue weighted by Crippen LogP contribution is -2.54. The van der Waals surface area contributed by atoms with Gasteiger partial charge in [0.25, 0.3) is 0 Å². The molecule has 28 heavy (non-hydrogen) atoms. The van der Waals surface area contributed by atoms with E-state index in [1.807, 2.05) is 36.9 Å². The second-order valence-corrected chi connectivity index (χ2v) is 8.60. The molecule has 0 bridgehead atoms. The molecular formula is C23H33ClN2O2. The lowest BCUT2D eigenvalue weighted by molar-refractivity contribution is -0.135. The van der Waals surface area contributed by atoms with Gasteiger partial charge < -0.3 is 14.9 Å². The maximum Gasteiger partial charge on any atom is 0.244 e. The van der Waals surface area contributed by atoms with Gasteiger partial charge in [-0.3, -0.25) is 4.79 Å². The molecule has 0 aliphatic carbocycles. The maximum absolute atomic E-state index is 13.2. The zero-order valence-corrected chi connectivity index (χ0v) is 18.1. The Kier molecular flexibility index (Phi) is 6.72. The molecule has 1 amide bonds. The number of aliphatic hydroxyl groups is 1. The molecule has 0 radical (unpaired) electrons. The van der Waals surface area contributed by atoms with Crippen molar-refractivity contribution in [2.75, 3.05) is 24.5 Å². The Morgan fingerprint density at radius 2 is 2.04 bits per heavy atom. The van der Waals surface area contributed by atoms with Gasteiger partial charge >= 0.3 is 0 Å². The van der Waals surface area contributed by atoms with Crippen LogP contribution in [0.15, 0.2) is 29.8 Å². The van der Waals surface area contributed by atoms with Crippen LogP contribution in [-0.2, 0) is 11.2 Å². The summed E-state index contributed by atoms with van der Waals surface area (Å²) < 4.78 is 0. The molecule has 0 saturated carbocycles. The van der Waals surface area contributed by atoms with Crippen molar-refractivity contribution in [3.8, 4) is 0 Å². The molecule has 0 unspecified atom stereocenters. The number of benzene rings is 1. The Bertz CT molecular complexity index is 738. The van der Waals surface area contributed by atoms with Crippen LogP contribution in [0.1, 0.15) is 58.4 Å². The fourth-order valence-electron chi connectivity index (χ4n) is 4.73. The van der Waals surface area contributed by atoms with Gasteiger partial charge in [0.2, 0.25) is 5.91 Å². The number of fused-ring (bicyclic) bond motifs is 1. The van der Waals surface area contributed by atoms with Crippen LogP contribution in [0.25, 0.3) is 0 Å². The molecular weight excluding hydrogens is 372 g/mol. The first kappa shape index (κ1) is 21.2. The fraction of sp³-hybridized carbons (Fsp3) is 0.609. The molecule has 1 aromatic carbocycles. The Morgan fingerprint density at radius 1 is 1.32 bits per heavy atom. The number of hydrogen-bond donors (Lipinski definition) is 1. The van der Waals surface area contributed by atoms with Crippen molar-refractivity contribution in [2.24, 2.45) is 0 Å². The normalized spacial score (nSPS) is 20.7. The van der Waals surface area contributed by atoms with Gasteiger partial charge in [-0.1, -0.05) is 31.0 Å². The minimum Gasteiger partial charge on any atom is -0.385 e. The lowest BCUT2D eigenvalue weighted by Gasteiger charge is -2.43. The number of carbonyl (C=O) groups excluding carboxylic acids is 1. The topological polar surface area (TPSA) is 43.8 Å². The van der Waals surface area contributed by atoms with E-state index >= 15 is 0 Å². The van der Waals surface area contributed by atoms with Crippen molar-refractivity contribution in [3.63, 3.8) is 0 Å². The highest BCUT2D eigenvalue weighted by Gasteiger charge is 2.38. The van der Waals surface area contributed by atoms with Gasteiger partial charge in [0, 0.05) is 30.3 Å². The molecule has 5 heteroatoms. The number of rotatable bonds is 5. The van der Waals surface area contributed by atoms with E-state index in [0.29, 0.717) is 25.9 Å². The third-order valence-electron chi connectivity index (χ3n) is 6.39. The van der Waals surface area contributed by atoms with Gasteiger partial charge in [0.05, 0.1) is 5.60 Å². The third kappa shape index (κ3) is 4.23. The molecule has 0 spiro atoms. The number of likely N-dealkylation sites (tertiary alicyclic amines) is 1. The average Bonchev–Trinajstić information content (AvgIpc) is 2.70. The first-order valence-electron chi connectivity index (χ1n) is 10.6. The van der Waals surface area contributed by atoms with Crippen molar-refractivity contribution < 1.29 is 9.90 Å². The van der Waals surface area contributed by atoms with Crippen LogP contribution in [-0.4, -0.2) is 47.2 Å². The predicted octanol–water partition coefficient (Wildman–Crippen LogP) is 4.58. The van der Waals surface area contributed by atoms with E-state index in [-0.39, 0.29) is 11.9 Å². The molecule has 4 nitrogen and oxygen atoms in total. The molecule has 0 aromatic heterocycles. The molecule has 1 atom stereocenters. The molecule has 3 rings (SSSR count). The zero-order chi connectivity index (χ0) is 20.3. The Morgan fingerprint density at radius 3 is 2.68 bits per heavy atom. The number of allylic oxidation sites excluding steroid dienone is 1. The minimum absolute atomic E-state index is 0.155. The van der Waals surface area contributed by atoms with Crippen LogP contribution in [0.5, 0.6) is 0 Å². The van der Waals surface area contributed by atoms with E-state index in [9.17, 15) is 9.90 Å². The number of halogens is 1. The largest absolute Gasteiger partial charge is 0.385 e. The monoisotopic (exact) mass is 404 g/mol. The highest BCUT2D eigenvalue weighted by atomic mass is 35.5. The quantitative estimate of drug-likeness (QED) is 0.730. The van der Waals surface area contributed by atoms with Crippen molar-refractivity contribution in [3.05, 3.63) is 40.4 Å². The molecule has 1 fully saturated rings. The summed E-state index contributed by atoms with van der Waals surface area (Å²) in [4.78, 5) is 17.4. The molecule has 154 valence electrons. The standard InChI is InChI=1S/C23H33ClN2O2/c1-4-7-19(5-2)23(28)11-14-25(15-12-23)22(27)17(3)26-13-6-8-18-16-20(24)9-10-21(18)26/h5,9-10,16-17,28H,4,6-8,11-15H2,1-3H3/b19-5+/t17-/m0/s1. The Balaban J connectivity index is 1.68. The first-order chi connectivity index (χ1) is 13.4. The number of hydrogen-bond acceptors (Lipinski definition) is 3. The highest BCUT2D eigenvalue weighted by Crippen LogP contribution is 2.34. The molecule has 2 heterocycles. The van der Waals surface area contributed by atoms with Crippen LogP contribution in [0.2, 0.25) is 5.02 Å². The fourth-order valence-corrected chi connectivity index (χ4v) is 4.92. The summed E-state index contributed by atoms with van der Waals surface area (Å²) in [5.41, 5.74) is 2.73. The second kappa shape index (κ2) is 8.87. The van der Waals surface area contributed by atoms with Crippen LogP contribution in [0.3, 0.4) is 0 Å². The molecule has 1 saturated heterocycles. The number of anilines is 1. The van der Waals surface area contributed by atoms with Crippen molar-refractivity contribution in [1.82, 2.24) is 4.90 Å². The van der Waals surface area contributed by atoms with Gasteiger partial charge in [0.1, 0.15) is 6.04 Å². The number of aryl methyl sites for hydroxylation is 1. The molecule has 1 aromatic rings. The summed E-state index contributed by atoms with van der Waals surface area (Å²) in [6, 6.07) is 5.76. The van der Waals surface area contributed by atoms with Crippen molar-refractivity contribution >= 4 is 23.2 Å². The predicted molar refractivity (Wildman–Crippen MR) is 116 cm³/mol. The van der Waals surface area contributed by atoms with E-state index in [0.717, 1.165) is 48.5 Å². The van der Waals surface area contributed by atoms with Gasteiger partial charge in [0.15, 0.2) is 0 Å². The number of piperidine rings is 1.